The molecule has 1 aliphatic heterocycles. The molecule has 1 atom stereocenters. The lowest BCUT2D eigenvalue weighted by molar-refractivity contribution is -0.134. The molecule has 0 saturated carbocycles. The van der Waals surface area contributed by atoms with E-state index in [0.717, 1.165) is 48.5 Å². The van der Waals surface area contributed by atoms with Crippen LogP contribution in [0.2, 0.25) is 0 Å². The first-order valence-electron chi connectivity index (χ1n) is 10.6. The van der Waals surface area contributed by atoms with Gasteiger partial charge < -0.3 is 14.7 Å². The number of benzene rings is 2. The van der Waals surface area contributed by atoms with Gasteiger partial charge in [-0.2, -0.15) is 4.39 Å². The van der Waals surface area contributed by atoms with E-state index in [2.05, 4.69) is 58.2 Å². The van der Waals surface area contributed by atoms with Crippen molar-refractivity contribution in [2.24, 2.45) is 0 Å². The van der Waals surface area contributed by atoms with E-state index in [0.29, 0.717) is 16.5 Å². The fraction of sp³-hybridized carbons (Fsp3) is 0.375. The van der Waals surface area contributed by atoms with Crippen LogP contribution < -0.4 is 9.64 Å². The third-order valence-electron chi connectivity index (χ3n) is 5.88. The normalized spacial score (nSPS) is 19.4. The molecule has 0 aromatic heterocycles. The van der Waals surface area contributed by atoms with Crippen LogP contribution in [0.3, 0.4) is 0 Å². The number of ether oxygens (including phenoxy) is 1. The van der Waals surface area contributed by atoms with Gasteiger partial charge in [0.15, 0.2) is 0 Å². The molecule has 1 aliphatic rings. The summed E-state index contributed by atoms with van der Waals surface area (Å²) in [6, 6.07) is 14.0. The summed E-state index contributed by atoms with van der Waals surface area (Å²) in [5.41, 5.74) is 2.07. The number of halogens is 2. The number of anilines is 2. The van der Waals surface area contributed by atoms with Gasteiger partial charge in [0.2, 0.25) is 5.83 Å². The standard InChI is InChI=1S/C24H28BrFN2O3S/c1-4-6-12-24(5-2)16-28(17-10-8-7-9-11-17)20-13-18(25)21(14-22(20)32-27(24)3)31-15-19(26)23(29)30/h7-11,13-15H,4-6,12,16H2,1-3H3,(H,29,30)/b19-15-. The number of likely N-dealkylation sites (N-methyl/N-ethyl adjacent to an activating group) is 1. The average Bonchev–Trinajstić information content (AvgIpc) is 2.91. The van der Waals surface area contributed by atoms with E-state index in [1.807, 2.05) is 30.3 Å². The minimum Gasteiger partial charge on any atom is -0.476 e. The van der Waals surface area contributed by atoms with Crippen LogP contribution in [0.1, 0.15) is 39.5 Å². The van der Waals surface area contributed by atoms with E-state index >= 15 is 0 Å². The molecule has 3 rings (SSSR count). The molecule has 0 saturated heterocycles. The van der Waals surface area contributed by atoms with E-state index in [1.54, 1.807) is 11.9 Å². The predicted octanol–water partition coefficient (Wildman–Crippen LogP) is 7.15. The molecule has 2 aromatic carbocycles. The Morgan fingerprint density at radius 2 is 2.03 bits per heavy atom. The van der Waals surface area contributed by atoms with Gasteiger partial charge in [-0.25, -0.2) is 9.10 Å². The Balaban J connectivity index is 2.10. The Bertz CT molecular complexity index is 989. The number of unbranched alkanes of at least 4 members (excludes halogenated alkanes) is 1. The van der Waals surface area contributed by atoms with Gasteiger partial charge in [-0.3, -0.25) is 0 Å². The maximum absolute atomic E-state index is 13.5. The Labute approximate surface area is 201 Å². The number of carboxylic acid groups (broad SMARTS) is 1. The number of carbonyl (C=O) groups is 1. The van der Waals surface area contributed by atoms with Crippen LogP contribution in [0.4, 0.5) is 15.8 Å². The molecule has 0 bridgehead atoms. The van der Waals surface area contributed by atoms with Crippen molar-refractivity contribution in [2.75, 3.05) is 18.5 Å². The third kappa shape index (κ3) is 5.30. The Morgan fingerprint density at radius 3 is 2.66 bits per heavy atom. The third-order valence-corrected chi connectivity index (χ3v) is 7.68. The summed E-state index contributed by atoms with van der Waals surface area (Å²) in [6.07, 6.45) is 4.94. The largest absolute Gasteiger partial charge is 0.476 e. The maximum Gasteiger partial charge on any atom is 0.368 e. The molecule has 0 radical (unpaired) electrons. The first-order chi connectivity index (χ1) is 15.3. The average molecular weight is 523 g/mol. The predicted molar refractivity (Wildman–Crippen MR) is 131 cm³/mol. The van der Waals surface area contributed by atoms with E-state index < -0.39 is 11.8 Å². The highest BCUT2D eigenvalue weighted by Gasteiger charge is 2.39. The molecule has 0 fully saturated rings. The molecule has 2 aromatic rings. The van der Waals surface area contributed by atoms with Crippen molar-refractivity contribution in [2.45, 2.75) is 50.0 Å². The smallest absolute Gasteiger partial charge is 0.368 e. The lowest BCUT2D eigenvalue weighted by Gasteiger charge is -2.42. The van der Waals surface area contributed by atoms with Gasteiger partial charge in [-0.15, -0.1) is 0 Å². The van der Waals surface area contributed by atoms with Crippen molar-refractivity contribution in [1.82, 2.24) is 4.31 Å². The number of hydrogen-bond acceptors (Lipinski definition) is 5. The van der Waals surface area contributed by atoms with E-state index in [-0.39, 0.29) is 5.54 Å². The second-order valence-corrected chi connectivity index (χ2v) is 9.86. The van der Waals surface area contributed by atoms with Crippen molar-refractivity contribution in [3.63, 3.8) is 0 Å². The van der Waals surface area contributed by atoms with E-state index in [9.17, 15) is 9.18 Å². The van der Waals surface area contributed by atoms with Gasteiger partial charge in [-0.1, -0.05) is 44.9 Å². The summed E-state index contributed by atoms with van der Waals surface area (Å²) < 4.78 is 21.8. The van der Waals surface area contributed by atoms with Crippen molar-refractivity contribution in [3.8, 4) is 5.75 Å². The number of nitrogens with zero attached hydrogens (tertiary/aromatic N) is 2. The first-order valence-corrected chi connectivity index (χ1v) is 12.2. The second-order valence-electron chi connectivity index (χ2n) is 7.83. The minimum absolute atomic E-state index is 0.0433. The monoisotopic (exact) mass is 522 g/mol. The van der Waals surface area contributed by atoms with E-state index in [1.165, 1.54) is 0 Å². The first kappa shape index (κ1) is 24.6. The summed E-state index contributed by atoms with van der Waals surface area (Å²) in [7, 11) is 2.12. The van der Waals surface area contributed by atoms with Gasteiger partial charge in [-0.05, 0) is 72.0 Å². The van der Waals surface area contributed by atoms with Crippen molar-refractivity contribution in [3.05, 3.63) is 59.0 Å². The molecule has 8 heteroatoms. The topological polar surface area (TPSA) is 53.0 Å². The Kier molecular flexibility index (Phi) is 8.25. The molecule has 0 amide bonds. The summed E-state index contributed by atoms with van der Waals surface area (Å²) in [4.78, 5) is 14.0. The summed E-state index contributed by atoms with van der Waals surface area (Å²) in [5.74, 6) is -2.66. The zero-order valence-electron chi connectivity index (χ0n) is 18.5. The minimum atomic E-state index is -1.66. The fourth-order valence-electron chi connectivity index (χ4n) is 3.88. The lowest BCUT2D eigenvalue weighted by Crippen LogP contribution is -2.49. The highest BCUT2D eigenvalue weighted by Crippen LogP contribution is 2.48. The quantitative estimate of drug-likeness (QED) is 0.225. The number of rotatable bonds is 8. The van der Waals surface area contributed by atoms with Gasteiger partial charge in [0.25, 0.3) is 0 Å². The lowest BCUT2D eigenvalue weighted by atomic mass is 9.88. The summed E-state index contributed by atoms with van der Waals surface area (Å²) in [5, 5.41) is 8.76. The number of fused-ring (bicyclic) bond motifs is 1. The molecule has 0 aliphatic carbocycles. The number of hydrogen-bond donors (Lipinski definition) is 1. The van der Waals surface area contributed by atoms with Crippen LogP contribution in [-0.2, 0) is 4.79 Å². The Hall–Kier alpha value is -2.03. The number of aliphatic carboxylic acids is 1. The fourth-order valence-corrected chi connectivity index (χ4v) is 5.49. The molecule has 5 nitrogen and oxygen atoms in total. The highest BCUT2D eigenvalue weighted by molar-refractivity contribution is 9.10. The van der Waals surface area contributed by atoms with Crippen LogP contribution >= 0.6 is 27.9 Å². The van der Waals surface area contributed by atoms with E-state index in [4.69, 9.17) is 9.84 Å². The molecular weight excluding hydrogens is 495 g/mol. The van der Waals surface area contributed by atoms with Gasteiger partial charge in [0.1, 0.15) is 12.0 Å². The van der Waals surface area contributed by atoms with Crippen molar-refractivity contribution < 1.29 is 19.0 Å². The summed E-state index contributed by atoms with van der Waals surface area (Å²) in [6.45, 7) is 5.27. The van der Waals surface area contributed by atoms with Crippen LogP contribution in [0.25, 0.3) is 0 Å². The molecule has 1 unspecified atom stereocenters. The Morgan fingerprint density at radius 1 is 1.31 bits per heavy atom. The molecule has 1 N–H and O–H groups in total. The van der Waals surface area contributed by atoms with Gasteiger partial charge in [0.05, 0.1) is 15.1 Å². The molecule has 172 valence electrons. The SMILES string of the molecule is CCCCC1(CC)CN(c2ccccc2)c2cc(Br)c(O/C=C(\F)C(=O)O)cc2SN1C. The van der Waals surface area contributed by atoms with Crippen LogP contribution in [0.15, 0.2) is 63.9 Å². The number of para-hydroxylation sites is 1. The molecule has 1 heterocycles. The molecule has 32 heavy (non-hydrogen) atoms. The molecular formula is C24H28BrFN2O3S. The number of carboxylic acids is 1. The van der Waals surface area contributed by atoms with Crippen LogP contribution in [0.5, 0.6) is 5.75 Å². The van der Waals surface area contributed by atoms with Crippen LogP contribution in [-0.4, -0.2) is 34.5 Å². The van der Waals surface area contributed by atoms with Gasteiger partial charge in [0, 0.05) is 17.8 Å². The zero-order valence-corrected chi connectivity index (χ0v) is 20.9. The van der Waals surface area contributed by atoms with Crippen LogP contribution in [0, 0.1) is 0 Å². The van der Waals surface area contributed by atoms with Crippen molar-refractivity contribution in [1.29, 1.82) is 0 Å². The van der Waals surface area contributed by atoms with Crippen molar-refractivity contribution >= 4 is 45.2 Å². The highest BCUT2D eigenvalue weighted by atomic mass is 79.9. The second kappa shape index (κ2) is 10.7. The summed E-state index contributed by atoms with van der Waals surface area (Å²) >= 11 is 5.15. The molecule has 0 spiro atoms. The maximum atomic E-state index is 13.5. The zero-order chi connectivity index (χ0) is 23.3. The van der Waals surface area contributed by atoms with Gasteiger partial charge >= 0.3 is 5.97 Å².